The SMILES string of the molecule is O=C1C=C2[C@@H]3C=CC[C@@]2(O1)[C@H]1CCCCN1O3. The number of hydroxylamine groups is 2. The van der Waals surface area contributed by atoms with Gasteiger partial charge < -0.3 is 4.74 Å². The van der Waals surface area contributed by atoms with Crippen molar-refractivity contribution in [2.45, 2.75) is 43.4 Å². The molecular formula is C13H15NO3. The second kappa shape index (κ2) is 3.21. The summed E-state index contributed by atoms with van der Waals surface area (Å²) in [5.41, 5.74) is 0.614. The summed E-state index contributed by atoms with van der Waals surface area (Å²) in [4.78, 5) is 17.6. The highest BCUT2D eigenvalue weighted by Crippen LogP contribution is 2.49. The highest BCUT2D eigenvalue weighted by Gasteiger charge is 2.58. The standard InChI is InChI=1S/C13H15NO3/c15-12-8-9-10-4-3-6-13(9,16-12)11-5-1-2-7-14(11)17-10/h3-4,8,10-11H,1-2,5-7H2/t10-,11+,13-/m0/s1. The summed E-state index contributed by atoms with van der Waals surface area (Å²) < 4.78 is 5.69. The normalized spacial score (nSPS) is 43.8. The van der Waals surface area contributed by atoms with E-state index in [0.29, 0.717) is 0 Å². The minimum atomic E-state index is -0.421. The fraction of sp³-hybridized carbons (Fsp3) is 0.615. The van der Waals surface area contributed by atoms with Crippen molar-refractivity contribution in [2.75, 3.05) is 6.54 Å². The highest BCUT2D eigenvalue weighted by molar-refractivity contribution is 5.87. The molecule has 4 aliphatic rings. The molecule has 0 unspecified atom stereocenters. The maximum absolute atomic E-state index is 11.6. The molecule has 3 heterocycles. The molecule has 2 fully saturated rings. The molecule has 0 aromatic rings. The lowest BCUT2D eigenvalue weighted by molar-refractivity contribution is -0.273. The number of ether oxygens (including phenoxy) is 1. The number of esters is 1. The van der Waals surface area contributed by atoms with Crippen molar-refractivity contribution in [3.05, 3.63) is 23.8 Å². The van der Waals surface area contributed by atoms with Gasteiger partial charge in [0.05, 0.1) is 6.04 Å². The Labute approximate surface area is 99.8 Å². The van der Waals surface area contributed by atoms with Gasteiger partial charge in [-0.15, -0.1) is 0 Å². The maximum atomic E-state index is 11.6. The summed E-state index contributed by atoms with van der Waals surface area (Å²) in [5.74, 6) is -0.204. The van der Waals surface area contributed by atoms with Crippen LogP contribution < -0.4 is 0 Å². The monoisotopic (exact) mass is 233 g/mol. The topological polar surface area (TPSA) is 38.8 Å². The molecule has 0 amide bonds. The van der Waals surface area contributed by atoms with E-state index in [1.165, 1.54) is 6.42 Å². The summed E-state index contributed by atoms with van der Waals surface area (Å²) in [5, 5.41) is 2.05. The minimum absolute atomic E-state index is 0.0930. The van der Waals surface area contributed by atoms with E-state index in [1.807, 2.05) is 11.1 Å². The van der Waals surface area contributed by atoms with Gasteiger partial charge in [0, 0.05) is 24.6 Å². The second-order valence-corrected chi connectivity index (χ2v) is 5.22. The number of piperidine rings is 1. The number of fused-ring (bicyclic) bond motifs is 1. The molecule has 0 aromatic heterocycles. The zero-order valence-corrected chi connectivity index (χ0v) is 9.59. The van der Waals surface area contributed by atoms with E-state index in [4.69, 9.17) is 9.57 Å². The third-order valence-corrected chi connectivity index (χ3v) is 4.32. The van der Waals surface area contributed by atoms with Gasteiger partial charge in [0.15, 0.2) is 5.60 Å². The van der Waals surface area contributed by atoms with Crippen molar-refractivity contribution in [1.29, 1.82) is 0 Å². The molecule has 3 aliphatic heterocycles. The van der Waals surface area contributed by atoms with E-state index < -0.39 is 5.60 Å². The molecule has 2 saturated heterocycles. The van der Waals surface area contributed by atoms with E-state index in [1.54, 1.807) is 6.08 Å². The van der Waals surface area contributed by atoms with Crippen molar-refractivity contribution in [3.63, 3.8) is 0 Å². The van der Waals surface area contributed by atoms with E-state index in [2.05, 4.69) is 6.08 Å². The van der Waals surface area contributed by atoms with Gasteiger partial charge in [-0.1, -0.05) is 18.6 Å². The second-order valence-electron chi connectivity index (χ2n) is 5.22. The molecule has 90 valence electrons. The summed E-state index contributed by atoms with van der Waals surface area (Å²) in [6, 6.07) is 0.204. The predicted octanol–water partition coefficient (Wildman–Crippen LogP) is 1.34. The number of nitrogens with zero attached hydrogens (tertiary/aromatic N) is 1. The van der Waals surface area contributed by atoms with Gasteiger partial charge in [0.2, 0.25) is 0 Å². The van der Waals surface area contributed by atoms with Crippen molar-refractivity contribution in [2.24, 2.45) is 0 Å². The lowest BCUT2D eigenvalue weighted by Crippen LogP contribution is -2.63. The third-order valence-electron chi connectivity index (χ3n) is 4.32. The van der Waals surface area contributed by atoms with Gasteiger partial charge in [-0.05, 0) is 12.8 Å². The molecule has 1 aliphatic carbocycles. The van der Waals surface area contributed by atoms with Gasteiger partial charge in [-0.25, -0.2) is 4.79 Å². The minimum Gasteiger partial charge on any atom is -0.449 e. The molecule has 0 N–H and O–H groups in total. The van der Waals surface area contributed by atoms with Crippen LogP contribution in [0.4, 0.5) is 0 Å². The Morgan fingerprint density at radius 1 is 1.41 bits per heavy atom. The fourth-order valence-corrected chi connectivity index (χ4v) is 3.60. The van der Waals surface area contributed by atoms with E-state index >= 15 is 0 Å². The molecule has 4 nitrogen and oxygen atoms in total. The number of hydrogen-bond donors (Lipinski definition) is 0. The Bertz CT molecular complexity index is 442. The van der Waals surface area contributed by atoms with Crippen molar-refractivity contribution in [3.8, 4) is 0 Å². The zero-order chi connectivity index (χ0) is 11.5. The van der Waals surface area contributed by atoms with Gasteiger partial charge in [-0.2, -0.15) is 5.06 Å². The molecule has 4 rings (SSSR count). The van der Waals surface area contributed by atoms with Crippen LogP contribution in [-0.4, -0.2) is 35.3 Å². The van der Waals surface area contributed by atoms with Crippen LogP contribution in [-0.2, 0) is 14.4 Å². The fourth-order valence-electron chi connectivity index (χ4n) is 3.60. The van der Waals surface area contributed by atoms with Crippen molar-refractivity contribution >= 4 is 5.97 Å². The van der Waals surface area contributed by atoms with Crippen LogP contribution in [0.1, 0.15) is 25.7 Å². The van der Waals surface area contributed by atoms with Crippen LogP contribution in [0.15, 0.2) is 23.8 Å². The summed E-state index contributed by atoms with van der Waals surface area (Å²) in [6.45, 7) is 0.946. The number of carbonyl (C=O) groups excluding carboxylic acids is 1. The maximum Gasteiger partial charge on any atom is 0.331 e. The number of carbonyl (C=O) groups is 1. The summed E-state index contributed by atoms with van der Waals surface area (Å²) >= 11 is 0. The van der Waals surface area contributed by atoms with Crippen LogP contribution >= 0.6 is 0 Å². The predicted molar refractivity (Wildman–Crippen MR) is 59.9 cm³/mol. The van der Waals surface area contributed by atoms with Crippen LogP contribution in [0, 0.1) is 0 Å². The van der Waals surface area contributed by atoms with Gasteiger partial charge >= 0.3 is 5.97 Å². The molecular weight excluding hydrogens is 218 g/mol. The van der Waals surface area contributed by atoms with Gasteiger partial charge in [0.25, 0.3) is 0 Å². The molecule has 17 heavy (non-hydrogen) atoms. The lowest BCUT2D eigenvalue weighted by Gasteiger charge is -2.52. The molecule has 0 saturated carbocycles. The van der Waals surface area contributed by atoms with E-state index in [0.717, 1.165) is 31.4 Å². The van der Waals surface area contributed by atoms with Crippen LogP contribution in [0.5, 0.6) is 0 Å². The van der Waals surface area contributed by atoms with Crippen molar-refractivity contribution < 1.29 is 14.4 Å². The quantitative estimate of drug-likeness (QED) is 0.467. The van der Waals surface area contributed by atoms with Crippen LogP contribution in [0.2, 0.25) is 0 Å². The Balaban J connectivity index is 1.83. The molecule has 0 aromatic carbocycles. The molecule has 0 spiro atoms. The highest BCUT2D eigenvalue weighted by atomic mass is 16.7. The lowest BCUT2D eigenvalue weighted by atomic mass is 9.74. The first-order valence-corrected chi connectivity index (χ1v) is 6.35. The first-order chi connectivity index (χ1) is 8.29. The molecule has 4 heteroatoms. The average molecular weight is 233 g/mol. The average Bonchev–Trinajstić information content (AvgIpc) is 2.67. The Morgan fingerprint density at radius 2 is 2.35 bits per heavy atom. The molecule has 2 bridgehead atoms. The smallest absolute Gasteiger partial charge is 0.331 e. The van der Waals surface area contributed by atoms with E-state index in [9.17, 15) is 4.79 Å². The van der Waals surface area contributed by atoms with Crippen molar-refractivity contribution in [1.82, 2.24) is 5.06 Å². The van der Waals surface area contributed by atoms with Gasteiger partial charge in [-0.3, -0.25) is 4.84 Å². The van der Waals surface area contributed by atoms with E-state index in [-0.39, 0.29) is 18.1 Å². The zero-order valence-electron chi connectivity index (χ0n) is 9.59. The van der Waals surface area contributed by atoms with Crippen LogP contribution in [0.25, 0.3) is 0 Å². The molecule has 0 radical (unpaired) electrons. The first kappa shape index (κ1) is 9.85. The Morgan fingerprint density at radius 3 is 3.29 bits per heavy atom. The van der Waals surface area contributed by atoms with Crippen LogP contribution in [0.3, 0.4) is 0 Å². The molecule has 3 atom stereocenters. The largest absolute Gasteiger partial charge is 0.449 e. The number of hydrogen-bond acceptors (Lipinski definition) is 4. The first-order valence-electron chi connectivity index (χ1n) is 6.35. The summed E-state index contributed by atoms with van der Waals surface area (Å²) in [6.07, 6.45) is 9.87. The third kappa shape index (κ3) is 1.17. The number of rotatable bonds is 0. The van der Waals surface area contributed by atoms with Gasteiger partial charge in [0.1, 0.15) is 6.10 Å². The Kier molecular flexibility index (Phi) is 1.86. The summed E-state index contributed by atoms with van der Waals surface area (Å²) in [7, 11) is 0. The Hall–Kier alpha value is -1.13.